The van der Waals surface area contributed by atoms with Gasteiger partial charge in [0.2, 0.25) is 5.91 Å². The lowest BCUT2D eigenvalue weighted by Gasteiger charge is -2.36. The van der Waals surface area contributed by atoms with E-state index in [0.717, 1.165) is 16.8 Å². The molecule has 0 aliphatic carbocycles. The summed E-state index contributed by atoms with van der Waals surface area (Å²) in [5.41, 5.74) is 8.50. The number of aromatic nitrogens is 1. The van der Waals surface area contributed by atoms with Crippen molar-refractivity contribution in [2.24, 2.45) is 0 Å². The zero-order valence-electron chi connectivity index (χ0n) is 15.9. The Morgan fingerprint density at radius 2 is 2.07 bits per heavy atom. The molecular weight excluding hydrogens is 344 g/mol. The minimum Gasteiger partial charge on any atom is -0.477 e. The Labute approximate surface area is 158 Å². The Bertz CT molecular complexity index is 897. The highest BCUT2D eigenvalue weighted by atomic mass is 16.5. The standard InChI is InChI=1S/C20H24N4O3/c1-5-15-20(26)24(18-16(27-15)8-9-17(21)23-18)13(4)19(25)22-14-10-11(2)6-7-12(14)3/h6-10,13,15H,5H2,1-4H3,(H2,21,23)(H,22,25). The maximum atomic E-state index is 12.9. The maximum absolute atomic E-state index is 12.9. The second-order valence-electron chi connectivity index (χ2n) is 6.76. The fraction of sp³-hybridized carbons (Fsp3) is 0.350. The number of hydrogen-bond donors (Lipinski definition) is 2. The molecule has 0 bridgehead atoms. The van der Waals surface area contributed by atoms with Crippen LogP contribution in [0.5, 0.6) is 5.75 Å². The van der Waals surface area contributed by atoms with Gasteiger partial charge >= 0.3 is 0 Å². The zero-order chi connectivity index (χ0) is 19.7. The number of amides is 2. The third kappa shape index (κ3) is 3.58. The van der Waals surface area contributed by atoms with Crippen LogP contribution in [0.2, 0.25) is 0 Å². The number of benzene rings is 1. The molecule has 7 nitrogen and oxygen atoms in total. The lowest BCUT2D eigenvalue weighted by Crippen LogP contribution is -2.53. The van der Waals surface area contributed by atoms with E-state index in [0.29, 0.717) is 12.2 Å². The monoisotopic (exact) mass is 368 g/mol. The maximum Gasteiger partial charge on any atom is 0.270 e. The molecule has 3 N–H and O–H groups in total. The van der Waals surface area contributed by atoms with Crippen LogP contribution in [0.1, 0.15) is 31.4 Å². The predicted octanol–water partition coefficient (Wildman–Crippen LogP) is 2.81. The van der Waals surface area contributed by atoms with Crippen LogP contribution in [-0.4, -0.2) is 28.9 Å². The van der Waals surface area contributed by atoms with E-state index < -0.39 is 12.1 Å². The predicted molar refractivity (Wildman–Crippen MR) is 105 cm³/mol. The summed E-state index contributed by atoms with van der Waals surface area (Å²) in [4.78, 5) is 31.4. The number of carbonyl (C=O) groups excluding carboxylic acids is 2. The third-order valence-corrected chi connectivity index (χ3v) is 4.66. The second-order valence-corrected chi connectivity index (χ2v) is 6.76. The largest absolute Gasteiger partial charge is 0.477 e. The fourth-order valence-electron chi connectivity index (χ4n) is 3.04. The van der Waals surface area contributed by atoms with E-state index in [1.54, 1.807) is 19.1 Å². The number of pyridine rings is 1. The number of nitrogens with one attached hydrogen (secondary N) is 1. The second kappa shape index (κ2) is 7.26. The highest BCUT2D eigenvalue weighted by Crippen LogP contribution is 2.35. The van der Waals surface area contributed by atoms with Crippen molar-refractivity contribution in [3.05, 3.63) is 41.5 Å². The topological polar surface area (TPSA) is 97.6 Å². The van der Waals surface area contributed by atoms with Gasteiger partial charge in [-0.15, -0.1) is 0 Å². The molecule has 3 rings (SSSR count). The van der Waals surface area contributed by atoms with Crippen LogP contribution >= 0.6 is 0 Å². The van der Waals surface area contributed by atoms with Gasteiger partial charge in [0.1, 0.15) is 11.9 Å². The molecule has 0 saturated heterocycles. The molecule has 0 radical (unpaired) electrons. The SMILES string of the molecule is CCC1Oc2ccc(N)nc2N(C(C)C(=O)Nc2cc(C)ccc2C)C1=O. The number of nitrogens with two attached hydrogens (primary N) is 1. The average Bonchev–Trinajstić information content (AvgIpc) is 2.63. The van der Waals surface area contributed by atoms with E-state index in [1.807, 2.05) is 39.0 Å². The van der Waals surface area contributed by atoms with Crippen LogP contribution in [-0.2, 0) is 9.59 Å². The minimum absolute atomic E-state index is 0.257. The van der Waals surface area contributed by atoms with E-state index in [4.69, 9.17) is 10.5 Å². The van der Waals surface area contributed by atoms with E-state index in [1.165, 1.54) is 4.90 Å². The molecule has 1 aliphatic rings. The van der Waals surface area contributed by atoms with Crippen molar-refractivity contribution in [2.75, 3.05) is 16.0 Å². The highest BCUT2D eigenvalue weighted by molar-refractivity contribution is 6.07. The molecule has 27 heavy (non-hydrogen) atoms. The molecule has 1 aromatic carbocycles. The molecule has 2 amide bonds. The van der Waals surface area contributed by atoms with E-state index in [9.17, 15) is 9.59 Å². The van der Waals surface area contributed by atoms with Crippen molar-refractivity contribution < 1.29 is 14.3 Å². The van der Waals surface area contributed by atoms with Gasteiger partial charge in [-0.3, -0.25) is 14.5 Å². The molecule has 1 aromatic heterocycles. The minimum atomic E-state index is -0.775. The number of fused-ring (bicyclic) bond motifs is 1. The first-order valence-electron chi connectivity index (χ1n) is 8.96. The molecular formula is C20H24N4O3. The van der Waals surface area contributed by atoms with Crippen LogP contribution in [0, 0.1) is 13.8 Å². The number of anilines is 3. The Morgan fingerprint density at radius 3 is 2.78 bits per heavy atom. The molecule has 0 fully saturated rings. The fourth-order valence-corrected chi connectivity index (χ4v) is 3.04. The van der Waals surface area contributed by atoms with Crippen LogP contribution in [0.25, 0.3) is 0 Å². The summed E-state index contributed by atoms with van der Waals surface area (Å²) in [6.45, 7) is 7.41. The molecule has 0 saturated carbocycles. The van der Waals surface area contributed by atoms with E-state index in [2.05, 4.69) is 10.3 Å². The lowest BCUT2D eigenvalue weighted by molar-refractivity contribution is -0.129. The summed E-state index contributed by atoms with van der Waals surface area (Å²) in [6, 6.07) is 8.34. The van der Waals surface area contributed by atoms with Gasteiger partial charge in [0.25, 0.3) is 5.91 Å². The number of nitrogens with zero attached hydrogens (tertiary/aromatic N) is 2. The van der Waals surface area contributed by atoms with Crippen molar-refractivity contribution in [2.45, 2.75) is 46.3 Å². The molecule has 2 heterocycles. The average molecular weight is 368 g/mol. The Balaban J connectivity index is 1.93. The van der Waals surface area contributed by atoms with Crippen molar-refractivity contribution in [3.63, 3.8) is 0 Å². The first-order valence-corrected chi connectivity index (χ1v) is 8.96. The van der Waals surface area contributed by atoms with Crippen molar-refractivity contribution in [1.29, 1.82) is 0 Å². The first kappa shape index (κ1) is 18.7. The molecule has 142 valence electrons. The number of carbonyl (C=O) groups is 2. The van der Waals surface area contributed by atoms with Crippen molar-refractivity contribution >= 4 is 29.1 Å². The van der Waals surface area contributed by atoms with Gasteiger partial charge < -0.3 is 15.8 Å². The molecule has 2 atom stereocenters. The van der Waals surface area contributed by atoms with Crippen LogP contribution in [0.3, 0.4) is 0 Å². The molecule has 7 heteroatoms. The van der Waals surface area contributed by atoms with Crippen molar-refractivity contribution in [3.8, 4) is 5.75 Å². The van der Waals surface area contributed by atoms with Gasteiger partial charge in [-0.2, -0.15) is 0 Å². The van der Waals surface area contributed by atoms with Gasteiger partial charge in [0.05, 0.1) is 0 Å². The zero-order valence-corrected chi connectivity index (χ0v) is 15.9. The lowest BCUT2D eigenvalue weighted by atomic mass is 10.1. The quantitative estimate of drug-likeness (QED) is 0.865. The molecule has 2 unspecified atom stereocenters. The van der Waals surface area contributed by atoms with Gasteiger partial charge in [-0.05, 0) is 56.5 Å². The normalized spacial score (nSPS) is 17.1. The van der Waals surface area contributed by atoms with Crippen molar-refractivity contribution in [1.82, 2.24) is 4.98 Å². The first-order chi connectivity index (χ1) is 12.8. The van der Waals surface area contributed by atoms with Gasteiger partial charge in [0.15, 0.2) is 17.7 Å². The summed E-state index contributed by atoms with van der Waals surface area (Å²) >= 11 is 0. The van der Waals surface area contributed by atoms with E-state index >= 15 is 0 Å². The smallest absolute Gasteiger partial charge is 0.270 e. The van der Waals surface area contributed by atoms with Crippen LogP contribution in [0.4, 0.5) is 17.3 Å². The molecule has 0 spiro atoms. The summed E-state index contributed by atoms with van der Waals surface area (Å²) in [5, 5.41) is 2.91. The summed E-state index contributed by atoms with van der Waals surface area (Å²) in [7, 11) is 0. The number of rotatable bonds is 4. The Hall–Kier alpha value is -3.09. The van der Waals surface area contributed by atoms with Gasteiger partial charge in [-0.25, -0.2) is 4.98 Å². The number of ether oxygens (including phenoxy) is 1. The summed E-state index contributed by atoms with van der Waals surface area (Å²) < 4.78 is 5.72. The van der Waals surface area contributed by atoms with E-state index in [-0.39, 0.29) is 23.5 Å². The van der Waals surface area contributed by atoms with Gasteiger partial charge in [-0.1, -0.05) is 19.1 Å². The van der Waals surface area contributed by atoms with Crippen LogP contribution in [0.15, 0.2) is 30.3 Å². The highest BCUT2D eigenvalue weighted by Gasteiger charge is 2.39. The summed E-state index contributed by atoms with van der Waals surface area (Å²) in [5.74, 6) is 0.373. The molecule has 2 aromatic rings. The summed E-state index contributed by atoms with van der Waals surface area (Å²) in [6.07, 6.45) is -0.163. The molecule has 1 aliphatic heterocycles. The van der Waals surface area contributed by atoms with Gasteiger partial charge in [0, 0.05) is 5.69 Å². The third-order valence-electron chi connectivity index (χ3n) is 4.66. The Morgan fingerprint density at radius 1 is 1.33 bits per heavy atom. The number of nitrogen functional groups attached to an aromatic ring is 1. The Kier molecular flexibility index (Phi) is 5.03. The number of aryl methyl sites for hydroxylation is 2. The van der Waals surface area contributed by atoms with Crippen LogP contribution < -0.4 is 20.7 Å². The number of hydrogen-bond acceptors (Lipinski definition) is 5.